The Labute approximate surface area is 206 Å². The van der Waals surface area contributed by atoms with Gasteiger partial charge in [0, 0.05) is 23.9 Å². The highest BCUT2D eigenvalue weighted by Crippen LogP contribution is 2.31. The molecular formula is C28H34N2O5. The molecule has 0 heterocycles. The molecule has 2 aromatic carbocycles. The highest BCUT2D eigenvalue weighted by atomic mass is 16.5. The van der Waals surface area contributed by atoms with E-state index in [4.69, 9.17) is 20.9 Å². The molecule has 0 aromatic heterocycles. The fraction of sp³-hybridized carbons (Fsp3) is 0.357. The van der Waals surface area contributed by atoms with E-state index in [0.29, 0.717) is 11.5 Å². The lowest BCUT2D eigenvalue weighted by Crippen LogP contribution is -2.19. The van der Waals surface area contributed by atoms with Crippen LogP contribution in [0, 0.1) is 11.8 Å². The number of hydrogen-bond donors (Lipinski definition) is 3. The molecule has 0 bridgehead atoms. The average Bonchev–Trinajstić information content (AvgIpc) is 2.84. The SMILES string of the molecule is C=CCC1CCC(COc2ccc(C=CC(=O)OCCc3c(N)cc(N)cc3C(=O)O)cc2)CC1. The molecule has 5 N–H and O–H groups in total. The first-order chi connectivity index (χ1) is 16.9. The van der Waals surface area contributed by atoms with Crippen LogP contribution in [0.3, 0.4) is 0 Å². The molecule has 0 radical (unpaired) electrons. The van der Waals surface area contributed by atoms with Crippen LogP contribution in [0.15, 0.2) is 55.1 Å². The van der Waals surface area contributed by atoms with E-state index < -0.39 is 11.9 Å². The van der Waals surface area contributed by atoms with Crippen LogP contribution in [0.2, 0.25) is 0 Å². The van der Waals surface area contributed by atoms with E-state index in [2.05, 4.69) is 6.58 Å². The average molecular weight is 479 g/mol. The summed E-state index contributed by atoms with van der Waals surface area (Å²) in [6, 6.07) is 10.4. The quantitative estimate of drug-likeness (QED) is 0.177. The maximum atomic E-state index is 12.1. The molecule has 0 aliphatic heterocycles. The second-order valence-electron chi connectivity index (χ2n) is 8.98. The van der Waals surface area contributed by atoms with Crippen molar-refractivity contribution in [2.24, 2.45) is 11.8 Å². The van der Waals surface area contributed by atoms with Gasteiger partial charge in [-0.05, 0) is 85.4 Å². The standard InChI is InChI=1S/C28H34N2O5/c1-2-3-19-4-6-21(7-5-19)18-35-23-11-8-20(9-12-23)10-13-27(31)34-15-14-24-25(28(32)33)16-22(29)17-26(24)30/h2,8-13,16-17,19,21H,1,3-7,14-15,18,29-30H2,(H,32,33). The van der Waals surface area contributed by atoms with Crippen LogP contribution in [0.4, 0.5) is 11.4 Å². The second-order valence-corrected chi connectivity index (χ2v) is 8.98. The number of carboxylic acids is 1. The molecule has 7 nitrogen and oxygen atoms in total. The minimum Gasteiger partial charge on any atom is -0.493 e. The smallest absolute Gasteiger partial charge is 0.336 e. The molecule has 0 saturated heterocycles. The number of benzene rings is 2. The zero-order valence-electron chi connectivity index (χ0n) is 19.9. The molecular weight excluding hydrogens is 444 g/mol. The third-order valence-corrected chi connectivity index (χ3v) is 6.38. The van der Waals surface area contributed by atoms with E-state index in [0.717, 1.165) is 30.3 Å². The van der Waals surface area contributed by atoms with Crippen molar-refractivity contribution >= 4 is 29.4 Å². The molecule has 0 amide bonds. The van der Waals surface area contributed by atoms with Gasteiger partial charge in [0.05, 0.1) is 18.8 Å². The summed E-state index contributed by atoms with van der Waals surface area (Å²) >= 11 is 0. The number of carboxylic acid groups (broad SMARTS) is 1. The van der Waals surface area contributed by atoms with Crippen LogP contribution >= 0.6 is 0 Å². The van der Waals surface area contributed by atoms with Crippen molar-refractivity contribution in [3.05, 3.63) is 71.8 Å². The summed E-state index contributed by atoms with van der Waals surface area (Å²) in [6.45, 7) is 4.56. The number of nitrogens with two attached hydrogens (primary N) is 2. The van der Waals surface area contributed by atoms with E-state index in [1.54, 1.807) is 6.08 Å². The molecule has 2 aromatic rings. The molecule has 35 heavy (non-hydrogen) atoms. The zero-order valence-corrected chi connectivity index (χ0v) is 19.9. The van der Waals surface area contributed by atoms with Crippen LogP contribution in [0.25, 0.3) is 6.08 Å². The number of carbonyl (C=O) groups is 2. The number of allylic oxidation sites excluding steroid dienone is 1. The van der Waals surface area contributed by atoms with Crippen molar-refractivity contribution in [1.82, 2.24) is 0 Å². The fourth-order valence-electron chi connectivity index (χ4n) is 4.41. The van der Waals surface area contributed by atoms with Gasteiger partial charge in [0.2, 0.25) is 0 Å². The summed E-state index contributed by atoms with van der Waals surface area (Å²) in [7, 11) is 0. The number of hydrogen-bond acceptors (Lipinski definition) is 6. The third-order valence-electron chi connectivity index (χ3n) is 6.38. The Kier molecular flexibility index (Phi) is 9.35. The van der Waals surface area contributed by atoms with Crippen LogP contribution in [-0.4, -0.2) is 30.3 Å². The van der Waals surface area contributed by atoms with Gasteiger partial charge in [-0.25, -0.2) is 9.59 Å². The molecule has 0 spiro atoms. The Balaban J connectivity index is 1.42. The molecule has 1 aliphatic rings. The topological polar surface area (TPSA) is 125 Å². The molecule has 0 atom stereocenters. The Morgan fingerprint density at radius 2 is 1.74 bits per heavy atom. The van der Waals surface area contributed by atoms with Gasteiger partial charge in [0.15, 0.2) is 0 Å². The Hall–Kier alpha value is -3.74. The van der Waals surface area contributed by atoms with Crippen LogP contribution < -0.4 is 16.2 Å². The molecule has 1 saturated carbocycles. The predicted molar refractivity (Wildman–Crippen MR) is 138 cm³/mol. The minimum atomic E-state index is -1.13. The van der Waals surface area contributed by atoms with Crippen molar-refractivity contribution in [1.29, 1.82) is 0 Å². The van der Waals surface area contributed by atoms with Crippen molar-refractivity contribution in [2.75, 3.05) is 24.7 Å². The number of rotatable bonds is 11. The normalized spacial score (nSPS) is 17.7. The van der Waals surface area contributed by atoms with Gasteiger partial charge >= 0.3 is 11.9 Å². The molecule has 7 heteroatoms. The molecule has 3 rings (SSSR count). The summed E-state index contributed by atoms with van der Waals surface area (Å²) in [6.07, 6.45) is 11.2. The summed E-state index contributed by atoms with van der Waals surface area (Å²) in [5.74, 6) is 0.533. The first kappa shape index (κ1) is 25.9. The van der Waals surface area contributed by atoms with E-state index in [1.165, 1.54) is 43.9 Å². The second kappa shape index (κ2) is 12.6. The maximum absolute atomic E-state index is 12.1. The first-order valence-electron chi connectivity index (χ1n) is 12.0. The Bertz CT molecular complexity index is 1050. The van der Waals surface area contributed by atoms with E-state index in [1.807, 2.05) is 30.3 Å². The van der Waals surface area contributed by atoms with Gasteiger partial charge in [0.1, 0.15) is 5.75 Å². The van der Waals surface area contributed by atoms with Crippen molar-refractivity contribution < 1.29 is 24.2 Å². The van der Waals surface area contributed by atoms with Gasteiger partial charge < -0.3 is 26.0 Å². The number of aromatic carboxylic acids is 1. The molecule has 1 aliphatic carbocycles. The maximum Gasteiger partial charge on any atom is 0.336 e. The van der Waals surface area contributed by atoms with Crippen LogP contribution in [-0.2, 0) is 16.0 Å². The number of esters is 1. The highest BCUT2D eigenvalue weighted by Gasteiger charge is 2.20. The number of carbonyl (C=O) groups excluding carboxylic acids is 1. The van der Waals surface area contributed by atoms with Gasteiger partial charge in [-0.3, -0.25) is 0 Å². The summed E-state index contributed by atoms with van der Waals surface area (Å²) in [5.41, 5.74) is 13.3. The lowest BCUT2D eigenvalue weighted by atomic mass is 9.81. The first-order valence-corrected chi connectivity index (χ1v) is 12.0. The minimum absolute atomic E-state index is 0.000147. The van der Waals surface area contributed by atoms with Gasteiger partial charge in [-0.15, -0.1) is 6.58 Å². The van der Waals surface area contributed by atoms with Crippen molar-refractivity contribution in [3.63, 3.8) is 0 Å². The Morgan fingerprint density at radius 3 is 2.40 bits per heavy atom. The summed E-state index contributed by atoms with van der Waals surface area (Å²) < 4.78 is 11.2. The number of nitrogen functional groups attached to an aromatic ring is 2. The lowest BCUT2D eigenvalue weighted by molar-refractivity contribution is -0.137. The van der Waals surface area contributed by atoms with Crippen molar-refractivity contribution in [3.8, 4) is 5.75 Å². The lowest BCUT2D eigenvalue weighted by Gasteiger charge is -2.27. The zero-order chi connectivity index (χ0) is 25.2. The largest absolute Gasteiger partial charge is 0.493 e. The van der Waals surface area contributed by atoms with Crippen LogP contribution in [0.5, 0.6) is 5.75 Å². The van der Waals surface area contributed by atoms with E-state index >= 15 is 0 Å². The number of anilines is 2. The molecule has 186 valence electrons. The molecule has 1 fully saturated rings. The summed E-state index contributed by atoms with van der Waals surface area (Å²) in [5, 5.41) is 9.34. The van der Waals surface area contributed by atoms with Crippen LogP contribution in [0.1, 0.15) is 53.6 Å². The third kappa shape index (κ3) is 7.91. The van der Waals surface area contributed by atoms with Crippen molar-refractivity contribution in [2.45, 2.75) is 38.5 Å². The Morgan fingerprint density at radius 1 is 1.06 bits per heavy atom. The van der Waals surface area contributed by atoms with Gasteiger partial charge in [-0.1, -0.05) is 18.2 Å². The monoisotopic (exact) mass is 478 g/mol. The number of ether oxygens (including phenoxy) is 2. The summed E-state index contributed by atoms with van der Waals surface area (Å²) in [4.78, 5) is 23.5. The van der Waals surface area contributed by atoms with Gasteiger partial charge in [-0.2, -0.15) is 0 Å². The fourth-order valence-corrected chi connectivity index (χ4v) is 4.41. The van der Waals surface area contributed by atoms with Gasteiger partial charge in [0.25, 0.3) is 0 Å². The van der Waals surface area contributed by atoms with E-state index in [-0.39, 0.29) is 30.0 Å². The van der Waals surface area contributed by atoms with E-state index in [9.17, 15) is 14.7 Å². The predicted octanol–water partition coefficient (Wildman–Crippen LogP) is 5.11. The highest BCUT2D eigenvalue weighted by molar-refractivity contribution is 5.92. The molecule has 0 unspecified atom stereocenters.